The van der Waals surface area contributed by atoms with Gasteiger partial charge in [0.05, 0.1) is 12.2 Å². The summed E-state index contributed by atoms with van der Waals surface area (Å²) in [7, 11) is 0. The lowest BCUT2D eigenvalue weighted by molar-refractivity contribution is 0.0211. The molecule has 2 N–H and O–H groups in total. The molecule has 2 rings (SSSR count). The van der Waals surface area contributed by atoms with Gasteiger partial charge in [-0.1, -0.05) is 0 Å². The monoisotopic (exact) mass is 155 g/mol. The molecule has 2 fully saturated rings. The van der Waals surface area contributed by atoms with E-state index >= 15 is 0 Å². The molecular weight excluding hydrogens is 138 g/mol. The Bertz CT molecular complexity index is 170. The van der Waals surface area contributed by atoms with Crippen LogP contribution >= 0.6 is 0 Å². The number of ether oxygens (including phenoxy) is 1. The summed E-state index contributed by atoms with van der Waals surface area (Å²) in [6.07, 6.45) is 3.56. The zero-order valence-corrected chi connectivity index (χ0v) is 7.39. The zero-order valence-electron chi connectivity index (χ0n) is 7.39. The van der Waals surface area contributed by atoms with Gasteiger partial charge in [-0.3, -0.25) is 0 Å². The summed E-state index contributed by atoms with van der Waals surface area (Å²) in [5.41, 5.74) is 6.35. The van der Waals surface area contributed by atoms with E-state index in [-0.39, 0.29) is 5.60 Å². The van der Waals surface area contributed by atoms with E-state index in [9.17, 15) is 0 Å². The van der Waals surface area contributed by atoms with Crippen molar-refractivity contribution in [3.05, 3.63) is 0 Å². The van der Waals surface area contributed by atoms with Crippen LogP contribution in [0.15, 0.2) is 0 Å². The van der Waals surface area contributed by atoms with Crippen molar-refractivity contribution in [2.45, 2.75) is 44.8 Å². The average molecular weight is 155 g/mol. The lowest BCUT2D eigenvalue weighted by atomic mass is 9.63. The van der Waals surface area contributed by atoms with Crippen molar-refractivity contribution in [1.29, 1.82) is 0 Å². The van der Waals surface area contributed by atoms with Gasteiger partial charge in [0, 0.05) is 6.04 Å². The van der Waals surface area contributed by atoms with E-state index in [1.807, 2.05) is 0 Å². The number of hydrogen-bond donors (Lipinski definition) is 1. The van der Waals surface area contributed by atoms with E-state index in [0.717, 1.165) is 6.61 Å². The van der Waals surface area contributed by atoms with Gasteiger partial charge in [0.2, 0.25) is 0 Å². The Balaban J connectivity index is 2.00. The highest BCUT2D eigenvalue weighted by molar-refractivity contribution is 5.03. The second kappa shape index (κ2) is 1.99. The molecule has 0 aromatic heterocycles. The second-order valence-corrected chi connectivity index (χ2v) is 4.89. The molecule has 0 bridgehead atoms. The maximum Gasteiger partial charge on any atom is 0.0633 e. The van der Waals surface area contributed by atoms with Gasteiger partial charge in [-0.25, -0.2) is 0 Å². The van der Waals surface area contributed by atoms with Crippen molar-refractivity contribution >= 4 is 0 Å². The van der Waals surface area contributed by atoms with Crippen molar-refractivity contribution in [2.75, 3.05) is 6.61 Å². The van der Waals surface area contributed by atoms with E-state index in [2.05, 4.69) is 13.8 Å². The third kappa shape index (κ3) is 1.18. The molecule has 1 aliphatic carbocycles. The molecule has 0 atom stereocenters. The fraction of sp³-hybridized carbons (Fsp3) is 1.00. The molecule has 0 amide bonds. The summed E-state index contributed by atoms with van der Waals surface area (Å²) in [5, 5.41) is 0. The van der Waals surface area contributed by atoms with Gasteiger partial charge in [-0.2, -0.15) is 0 Å². The van der Waals surface area contributed by atoms with Crippen LogP contribution in [0.3, 0.4) is 0 Å². The van der Waals surface area contributed by atoms with Gasteiger partial charge in [-0.05, 0) is 38.5 Å². The minimum Gasteiger partial charge on any atom is -0.375 e. The molecule has 64 valence electrons. The van der Waals surface area contributed by atoms with Crippen LogP contribution in [0.1, 0.15) is 33.1 Å². The third-order valence-electron chi connectivity index (χ3n) is 2.96. The van der Waals surface area contributed by atoms with Gasteiger partial charge in [0.15, 0.2) is 0 Å². The van der Waals surface area contributed by atoms with Crippen LogP contribution in [0.5, 0.6) is 0 Å². The molecule has 2 heteroatoms. The predicted molar refractivity (Wildman–Crippen MR) is 44.3 cm³/mol. The van der Waals surface area contributed by atoms with Crippen LogP contribution < -0.4 is 5.73 Å². The Labute approximate surface area is 68.1 Å². The van der Waals surface area contributed by atoms with Crippen LogP contribution in [-0.4, -0.2) is 18.2 Å². The smallest absolute Gasteiger partial charge is 0.0633 e. The first-order valence-corrected chi connectivity index (χ1v) is 4.41. The molecule has 1 saturated carbocycles. The molecule has 1 aliphatic heterocycles. The Kier molecular flexibility index (Phi) is 1.37. The Morgan fingerprint density at radius 2 is 2.00 bits per heavy atom. The van der Waals surface area contributed by atoms with Crippen molar-refractivity contribution in [1.82, 2.24) is 0 Å². The largest absolute Gasteiger partial charge is 0.375 e. The Morgan fingerprint density at radius 3 is 2.36 bits per heavy atom. The van der Waals surface area contributed by atoms with Crippen LogP contribution in [0.4, 0.5) is 0 Å². The first kappa shape index (κ1) is 7.56. The third-order valence-corrected chi connectivity index (χ3v) is 2.96. The summed E-state index contributed by atoms with van der Waals surface area (Å²) in [6.45, 7) is 5.28. The second-order valence-electron chi connectivity index (χ2n) is 4.89. The molecular formula is C9H17NO. The van der Waals surface area contributed by atoms with Crippen molar-refractivity contribution < 1.29 is 4.74 Å². The lowest BCUT2D eigenvalue weighted by Crippen LogP contribution is -2.46. The fourth-order valence-electron chi connectivity index (χ4n) is 2.67. The quantitative estimate of drug-likeness (QED) is 0.572. The first-order valence-electron chi connectivity index (χ1n) is 4.41. The van der Waals surface area contributed by atoms with Gasteiger partial charge in [0.1, 0.15) is 0 Å². The van der Waals surface area contributed by atoms with Gasteiger partial charge in [0.25, 0.3) is 0 Å². The summed E-state index contributed by atoms with van der Waals surface area (Å²) in [4.78, 5) is 0. The number of nitrogens with two attached hydrogens (primary N) is 1. The standard InChI is InChI=1S/C9H17NO/c1-8(2)5-9(6-11-8)3-7(10)4-9/h7H,3-6,10H2,1-2H3. The van der Waals surface area contributed by atoms with E-state index in [0.29, 0.717) is 11.5 Å². The van der Waals surface area contributed by atoms with Crippen LogP contribution in [0.25, 0.3) is 0 Å². The topological polar surface area (TPSA) is 35.2 Å². The number of rotatable bonds is 0. The van der Waals surface area contributed by atoms with E-state index in [1.54, 1.807) is 0 Å². The maximum absolute atomic E-state index is 5.77. The van der Waals surface area contributed by atoms with Crippen molar-refractivity contribution in [3.63, 3.8) is 0 Å². The molecule has 1 saturated heterocycles. The molecule has 0 radical (unpaired) electrons. The molecule has 11 heavy (non-hydrogen) atoms. The van der Waals surface area contributed by atoms with Crippen molar-refractivity contribution in [2.24, 2.45) is 11.1 Å². The zero-order chi connectivity index (χ0) is 8.11. The normalized spacial score (nSPS) is 47.7. The average Bonchev–Trinajstić information content (AvgIpc) is 2.05. The Morgan fingerprint density at radius 1 is 1.36 bits per heavy atom. The highest BCUT2D eigenvalue weighted by Gasteiger charge is 2.51. The maximum atomic E-state index is 5.77. The Hall–Kier alpha value is -0.0800. The van der Waals surface area contributed by atoms with Crippen molar-refractivity contribution in [3.8, 4) is 0 Å². The summed E-state index contributed by atoms with van der Waals surface area (Å²) >= 11 is 0. The molecule has 0 aromatic carbocycles. The van der Waals surface area contributed by atoms with E-state index < -0.39 is 0 Å². The highest BCUT2D eigenvalue weighted by atomic mass is 16.5. The van der Waals surface area contributed by atoms with Crippen LogP contribution in [0, 0.1) is 5.41 Å². The molecule has 2 nitrogen and oxygen atoms in total. The minimum atomic E-state index is 0.111. The molecule has 0 aromatic rings. The molecule has 0 unspecified atom stereocenters. The minimum absolute atomic E-state index is 0.111. The summed E-state index contributed by atoms with van der Waals surface area (Å²) in [5.74, 6) is 0. The molecule has 1 heterocycles. The molecule has 1 spiro atoms. The summed E-state index contributed by atoms with van der Waals surface area (Å²) in [6, 6.07) is 0.451. The first-order chi connectivity index (χ1) is 5.02. The number of hydrogen-bond acceptors (Lipinski definition) is 2. The van der Waals surface area contributed by atoms with E-state index in [1.165, 1.54) is 19.3 Å². The van der Waals surface area contributed by atoms with E-state index in [4.69, 9.17) is 10.5 Å². The lowest BCUT2D eigenvalue weighted by Gasteiger charge is -2.42. The van der Waals surface area contributed by atoms with Crippen LogP contribution in [-0.2, 0) is 4.74 Å². The SMILES string of the molecule is CC1(C)CC2(CO1)CC(N)C2. The predicted octanol–water partition coefficient (Wildman–Crippen LogP) is 1.29. The van der Waals surface area contributed by atoms with Gasteiger partial charge < -0.3 is 10.5 Å². The van der Waals surface area contributed by atoms with Gasteiger partial charge in [-0.15, -0.1) is 0 Å². The van der Waals surface area contributed by atoms with Gasteiger partial charge >= 0.3 is 0 Å². The highest BCUT2D eigenvalue weighted by Crippen LogP contribution is 2.51. The van der Waals surface area contributed by atoms with Crippen LogP contribution in [0.2, 0.25) is 0 Å². The summed E-state index contributed by atoms with van der Waals surface area (Å²) < 4.78 is 5.69. The fourth-order valence-corrected chi connectivity index (χ4v) is 2.67. The molecule has 2 aliphatic rings.